The van der Waals surface area contributed by atoms with Crippen LogP contribution in [0.4, 0.5) is 0 Å². The van der Waals surface area contributed by atoms with E-state index in [2.05, 4.69) is 55.5 Å². The Morgan fingerprint density at radius 3 is 2.43 bits per heavy atom. The molecule has 2 rings (SSSR count). The van der Waals surface area contributed by atoms with Gasteiger partial charge < -0.3 is 5.11 Å². The number of hydrogen-bond donors (Lipinski definition) is 1. The summed E-state index contributed by atoms with van der Waals surface area (Å²) in [7, 11) is 0. The monoisotopic (exact) mass is 282 g/mol. The first kappa shape index (κ1) is 15.3. The van der Waals surface area contributed by atoms with Gasteiger partial charge in [0, 0.05) is 6.42 Å². The Kier molecular flexibility index (Phi) is 5.15. The fraction of sp³-hybridized carbons (Fsp3) is 0.316. The van der Waals surface area contributed by atoms with E-state index in [1.165, 1.54) is 22.3 Å². The van der Waals surface area contributed by atoms with Crippen LogP contribution in [-0.2, 0) is 11.2 Å². The molecule has 21 heavy (non-hydrogen) atoms. The van der Waals surface area contributed by atoms with Crippen molar-refractivity contribution in [3.63, 3.8) is 0 Å². The normalized spacial score (nSPS) is 12.1. The molecule has 0 fully saturated rings. The summed E-state index contributed by atoms with van der Waals surface area (Å²) in [4.78, 5) is 10.7. The summed E-state index contributed by atoms with van der Waals surface area (Å²) in [6.07, 6.45) is 2.10. The van der Waals surface area contributed by atoms with Crippen LogP contribution in [0.15, 0.2) is 48.5 Å². The molecule has 1 atom stereocenters. The van der Waals surface area contributed by atoms with E-state index in [-0.39, 0.29) is 12.3 Å². The van der Waals surface area contributed by atoms with Crippen LogP contribution in [0.2, 0.25) is 0 Å². The molecule has 0 saturated heterocycles. The molecule has 2 aromatic rings. The van der Waals surface area contributed by atoms with Crippen molar-refractivity contribution in [3.05, 3.63) is 59.7 Å². The molecule has 0 radical (unpaired) electrons. The Bertz CT molecular complexity index is 599. The topological polar surface area (TPSA) is 37.3 Å². The van der Waals surface area contributed by atoms with Crippen LogP contribution in [0.1, 0.15) is 30.9 Å². The van der Waals surface area contributed by atoms with Crippen LogP contribution >= 0.6 is 0 Å². The van der Waals surface area contributed by atoms with Crippen LogP contribution in [0.5, 0.6) is 0 Å². The Labute approximate surface area is 126 Å². The fourth-order valence-corrected chi connectivity index (χ4v) is 2.50. The molecule has 0 aliphatic carbocycles. The van der Waals surface area contributed by atoms with Crippen molar-refractivity contribution in [2.75, 3.05) is 0 Å². The van der Waals surface area contributed by atoms with E-state index in [1.807, 2.05) is 6.92 Å². The number of benzene rings is 2. The van der Waals surface area contributed by atoms with Crippen molar-refractivity contribution in [1.29, 1.82) is 0 Å². The summed E-state index contributed by atoms with van der Waals surface area (Å²) in [5.41, 5.74) is 4.99. The van der Waals surface area contributed by atoms with E-state index in [0.29, 0.717) is 0 Å². The molecule has 0 spiro atoms. The Morgan fingerprint density at radius 2 is 1.81 bits per heavy atom. The van der Waals surface area contributed by atoms with Gasteiger partial charge in [-0.15, -0.1) is 0 Å². The van der Waals surface area contributed by atoms with E-state index in [1.54, 1.807) is 0 Å². The summed E-state index contributed by atoms with van der Waals surface area (Å²) in [5, 5.41) is 8.77. The second-order valence-electron chi connectivity index (χ2n) is 5.81. The lowest BCUT2D eigenvalue weighted by Crippen LogP contribution is -2.05. The molecule has 0 bridgehead atoms. The lowest BCUT2D eigenvalue weighted by Gasteiger charge is -2.09. The molecule has 0 aliphatic rings. The number of carboxylic acid groups (broad SMARTS) is 1. The minimum Gasteiger partial charge on any atom is -0.481 e. The lowest BCUT2D eigenvalue weighted by molar-refractivity contribution is -0.138. The second-order valence-corrected chi connectivity index (χ2v) is 5.81. The highest BCUT2D eigenvalue weighted by Gasteiger charge is 2.07. The highest BCUT2D eigenvalue weighted by atomic mass is 16.4. The molecule has 0 aromatic heterocycles. The summed E-state index contributed by atoms with van der Waals surface area (Å²) in [6.45, 7) is 4.09. The first-order valence-electron chi connectivity index (χ1n) is 7.42. The zero-order valence-corrected chi connectivity index (χ0v) is 12.7. The van der Waals surface area contributed by atoms with Crippen molar-refractivity contribution in [3.8, 4) is 11.1 Å². The van der Waals surface area contributed by atoms with Gasteiger partial charge in [0.1, 0.15) is 0 Å². The molecular formula is C19H22O2. The lowest BCUT2D eigenvalue weighted by atomic mass is 9.96. The van der Waals surface area contributed by atoms with E-state index in [4.69, 9.17) is 5.11 Å². The molecule has 0 aliphatic heterocycles. The van der Waals surface area contributed by atoms with Gasteiger partial charge >= 0.3 is 5.97 Å². The van der Waals surface area contributed by atoms with Crippen molar-refractivity contribution in [2.45, 2.75) is 33.1 Å². The molecule has 0 amide bonds. The molecule has 0 heterocycles. The zero-order chi connectivity index (χ0) is 15.2. The third kappa shape index (κ3) is 4.75. The third-order valence-corrected chi connectivity index (χ3v) is 3.75. The van der Waals surface area contributed by atoms with Crippen molar-refractivity contribution < 1.29 is 9.90 Å². The third-order valence-electron chi connectivity index (χ3n) is 3.75. The molecule has 1 N–H and O–H groups in total. The Balaban J connectivity index is 1.97. The minimum atomic E-state index is -0.711. The largest absolute Gasteiger partial charge is 0.481 e. The standard InChI is InChI=1S/C19H22O2/c1-14-4-3-5-18(12-14)17-10-8-16(9-11-17)7-6-15(2)13-19(20)21/h3-5,8-12,15H,6-7,13H2,1-2H3,(H,20,21). The van der Waals surface area contributed by atoms with Gasteiger partial charge in [-0.3, -0.25) is 4.79 Å². The molecular weight excluding hydrogens is 260 g/mol. The van der Waals surface area contributed by atoms with Gasteiger partial charge in [0.15, 0.2) is 0 Å². The quantitative estimate of drug-likeness (QED) is 0.833. The maximum Gasteiger partial charge on any atom is 0.303 e. The highest BCUT2D eigenvalue weighted by molar-refractivity contribution is 5.67. The van der Waals surface area contributed by atoms with Crippen LogP contribution in [0.25, 0.3) is 11.1 Å². The zero-order valence-electron chi connectivity index (χ0n) is 12.7. The van der Waals surface area contributed by atoms with Crippen LogP contribution in [0, 0.1) is 12.8 Å². The van der Waals surface area contributed by atoms with Gasteiger partial charge in [0.2, 0.25) is 0 Å². The maximum atomic E-state index is 10.7. The van der Waals surface area contributed by atoms with Gasteiger partial charge in [-0.2, -0.15) is 0 Å². The van der Waals surface area contributed by atoms with Crippen molar-refractivity contribution in [1.82, 2.24) is 0 Å². The van der Waals surface area contributed by atoms with E-state index in [0.717, 1.165) is 12.8 Å². The Hall–Kier alpha value is -2.09. The van der Waals surface area contributed by atoms with E-state index in [9.17, 15) is 4.79 Å². The van der Waals surface area contributed by atoms with Gasteiger partial charge in [-0.05, 0) is 42.4 Å². The average Bonchev–Trinajstić information content (AvgIpc) is 2.45. The molecule has 0 saturated carbocycles. The molecule has 2 aromatic carbocycles. The van der Waals surface area contributed by atoms with Gasteiger partial charge in [0.25, 0.3) is 0 Å². The van der Waals surface area contributed by atoms with E-state index < -0.39 is 5.97 Å². The number of hydrogen-bond acceptors (Lipinski definition) is 1. The molecule has 2 heteroatoms. The SMILES string of the molecule is Cc1cccc(-c2ccc(CCC(C)CC(=O)O)cc2)c1. The number of aryl methyl sites for hydroxylation is 2. The number of rotatable bonds is 6. The van der Waals surface area contributed by atoms with Crippen molar-refractivity contribution >= 4 is 5.97 Å². The summed E-state index contributed by atoms with van der Waals surface area (Å²) < 4.78 is 0. The van der Waals surface area contributed by atoms with E-state index >= 15 is 0 Å². The molecule has 110 valence electrons. The van der Waals surface area contributed by atoms with Gasteiger partial charge in [0.05, 0.1) is 0 Å². The minimum absolute atomic E-state index is 0.221. The average molecular weight is 282 g/mol. The second kappa shape index (κ2) is 7.07. The van der Waals surface area contributed by atoms with Crippen LogP contribution in [-0.4, -0.2) is 11.1 Å². The number of carboxylic acids is 1. The number of carbonyl (C=O) groups is 1. The van der Waals surface area contributed by atoms with Gasteiger partial charge in [-0.25, -0.2) is 0 Å². The number of aliphatic carboxylic acids is 1. The predicted octanol–water partition coefficient (Wildman–Crippen LogP) is 4.71. The first-order chi connectivity index (χ1) is 10.0. The summed E-state index contributed by atoms with van der Waals surface area (Å²) in [6, 6.07) is 17.1. The highest BCUT2D eigenvalue weighted by Crippen LogP contribution is 2.22. The predicted molar refractivity (Wildman–Crippen MR) is 86.4 cm³/mol. The van der Waals surface area contributed by atoms with Gasteiger partial charge in [-0.1, -0.05) is 61.0 Å². The smallest absolute Gasteiger partial charge is 0.303 e. The summed E-state index contributed by atoms with van der Waals surface area (Å²) >= 11 is 0. The summed E-state index contributed by atoms with van der Waals surface area (Å²) in [5.74, 6) is -0.490. The maximum absolute atomic E-state index is 10.7. The van der Waals surface area contributed by atoms with Crippen LogP contribution in [0.3, 0.4) is 0 Å². The Morgan fingerprint density at radius 1 is 1.10 bits per heavy atom. The molecule has 2 nitrogen and oxygen atoms in total. The van der Waals surface area contributed by atoms with Crippen LogP contribution < -0.4 is 0 Å². The van der Waals surface area contributed by atoms with Crippen molar-refractivity contribution in [2.24, 2.45) is 5.92 Å². The fourth-order valence-electron chi connectivity index (χ4n) is 2.50. The molecule has 1 unspecified atom stereocenters. The first-order valence-corrected chi connectivity index (χ1v) is 7.42.